The van der Waals surface area contributed by atoms with Crippen LogP contribution in [0.25, 0.3) is 0 Å². The van der Waals surface area contributed by atoms with Gasteiger partial charge in [0.25, 0.3) is 0 Å². The van der Waals surface area contributed by atoms with Gasteiger partial charge in [-0.3, -0.25) is 0 Å². The van der Waals surface area contributed by atoms with Gasteiger partial charge < -0.3 is 9.84 Å². The topological polar surface area (TPSA) is 29.5 Å². The van der Waals surface area contributed by atoms with Crippen molar-refractivity contribution < 1.29 is 9.84 Å². The lowest BCUT2D eigenvalue weighted by Gasteiger charge is -2.11. The quantitative estimate of drug-likeness (QED) is 0.853. The Kier molecular flexibility index (Phi) is 4.05. The fourth-order valence-corrected chi connectivity index (χ4v) is 1.67. The van der Waals surface area contributed by atoms with Crippen LogP contribution in [0.1, 0.15) is 25.3 Å². The van der Waals surface area contributed by atoms with Gasteiger partial charge in [0.15, 0.2) is 11.5 Å². The number of hydrogen-bond donors (Lipinski definition) is 1. The zero-order valence-electron chi connectivity index (χ0n) is 8.75. The van der Waals surface area contributed by atoms with Crippen LogP contribution >= 0.6 is 15.9 Å². The maximum absolute atomic E-state index is 9.68. The van der Waals surface area contributed by atoms with Crippen molar-refractivity contribution in [2.24, 2.45) is 0 Å². The van der Waals surface area contributed by atoms with Gasteiger partial charge in [-0.05, 0) is 47.5 Å². The van der Waals surface area contributed by atoms with Gasteiger partial charge in [0.05, 0.1) is 11.1 Å². The summed E-state index contributed by atoms with van der Waals surface area (Å²) < 4.78 is 5.91. The molecule has 0 bridgehead atoms. The first-order chi connectivity index (χ1) is 7.10. The van der Waals surface area contributed by atoms with Crippen LogP contribution in [0.2, 0.25) is 0 Å². The molecule has 0 fully saturated rings. The summed E-state index contributed by atoms with van der Waals surface area (Å²) in [6.07, 6.45) is 5.35. The molecule has 80 valence electrons. The third kappa shape index (κ3) is 2.66. The van der Waals surface area contributed by atoms with Crippen LogP contribution in [0, 0.1) is 12.3 Å². The molecule has 0 saturated carbocycles. The maximum Gasteiger partial charge on any atom is 0.172 e. The molecule has 0 spiro atoms. The molecule has 0 radical (unpaired) electrons. The van der Waals surface area contributed by atoms with E-state index in [9.17, 15) is 5.11 Å². The Morgan fingerprint density at radius 2 is 2.27 bits per heavy atom. The van der Waals surface area contributed by atoms with E-state index in [1.807, 2.05) is 19.9 Å². The van der Waals surface area contributed by atoms with Crippen LogP contribution in [0.5, 0.6) is 11.5 Å². The van der Waals surface area contributed by atoms with Crippen LogP contribution < -0.4 is 4.74 Å². The van der Waals surface area contributed by atoms with Crippen LogP contribution in [-0.2, 0) is 0 Å². The summed E-state index contributed by atoms with van der Waals surface area (Å²) >= 11 is 3.27. The van der Waals surface area contributed by atoms with Crippen molar-refractivity contribution in [3.05, 3.63) is 22.2 Å². The lowest BCUT2D eigenvalue weighted by atomic mass is 10.0. The van der Waals surface area contributed by atoms with E-state index in [1.165, 1.54) is 0 Å². The SMILES string of the molecule is C#CC(C)c1cc(Br)c(O)c(OCC)c1. The zero-order valence-corrected chi connectivity index (χ0v) is 10.3. The molecule has 1 N–H and O–H groups in total. The molecule has 15 heavy (non-hydrogen) atoms. The third-order valence-corrected chi connectivity index (χ3v) is 2.71. The van der Waals surface area contributed by atoms with Gasteiger partial charge in [0.2, 0.25) is 0 Å². The minimum absolute atomic E-state index is 0.00102. The van der Waals surface area contributed by atoms with Crippen molar-refractivity contribution in [3.63, 3.8) is 0 Å². The standard InChI is InChI=1S/C12H13BrO2/c1-4-8(3)9-6-10(13)12(14)11(7-9)15-5-2/h1,6-8,14H,5H2,2-3H3. The highest BCUT2D eigenvalue weighted by Gasteiger charge is 2.11. The van der Waals surface area contributed by atoms with Crippen molar-refractivity contribution in [2.75, 3.05) is 6.61 Å². The van der Waals surface area contributed by atoms with Gasteiger partial charge in [-0.25, -0.2) is 0 Å². The minimum Gasteiger partial charge on any atom is -0.503 e. The average molecular weight is 269 g/mol. The Bertz CT molecular complexity index is 393. The highest BCUT2D eigenvalue weighted by molar-refractivity contribution is 9.10. The lowest BCUT2D eigenvalue weighted by molar-refractivity contribution is 0.317. The van der Waals surface area contributed by atoms with Gasteiger partial charge in [-0.1, -0.05) is 5.92 Å². The molecule has 0 aliphatic rings. The first-order valence-corrected chi connectivity index (χ1v) is 5.50. The van der Waals surface area contributed by atoms with Gasteiger partial charge >= 0.3 is 0 Å². The van der Waals surface area contributed by atoms with Crippen LogP contribution in [0.15, 0.2) is 16.6 Å². The summed E-state index contributed by atoms with van der Waals surface area (Å²) in [5.41, 5.74) is 0.950. The highest BCUT2D eigenvalue weighted by Crippen LogP contribution is 2.37. The molecule has 1 rings (SSSR count). The predicted octanol–water partition coefficient (Wildman–Crippen LogP) is 3.29. The third-order valence-electron chi connectivity index (χ3n) is 2.10. The van der Waals surface area contributed by atoms with Gasteiger partial charge in [-0.2, -0.15) is 0 Å². The van der Waals surface area contributed by atoms with E-state index in [2.05, 4.69) is 21.9 Å². The Morgan fingerprint density at radius 3 is 2.80 bits per heavy atom. The van der Waals surface area contributed by atoms with Gasteiger partial charge in [0, 0.05) is 5.92 Å². The van der Waals surface area contributed by atoms with Crippen molar-refractivity contribution in [2.45, 2.75) is 19.8 Å². The molecular formula is C12H13BrO2. The number of benzene rings is 1. The molecule has 1 unspecified atom stereocenters. The summed E-state index contributed by atoms with van der Waals surface area (Å²) in [4.78, 5) is 0. The molecule has 1 atom stereocenters. The average Bonchev–Trinajstić information content (AvgIpc) is 2.23. The van der Waals surface area contributed by atoms with Crippen LogP contribution in [0.3, 0.4) is 0 Å². The molecule has 0 aliphatic heterocycles. The normalized spacial score (nSPS) is 11.9. The largest absolute Gasteiger partial charge is 0.503 e. The van der Waals surface area contributed by atoms with E-state index < -0.39 is 0 Å². The summed E-state index contributed by atoms with van der Waals surface area (Å²) in [5.74, 6) is 3.22. The molecule has 1 aromatic carbocycles. The minimum atomic E-state index is 0.00102. The Morgan fingerprint density at radius 1 is 1.60 bits per heavy atom. The molecule has 0 heterocycles. The summed E-state index contributed by atoms with van der Waals surface area (Å²) in [6.45, 7) is 4.30. The molecule has 1 aromatic rings. The van der Waals surface area contributed by atoms with E-state index in [4.69, 9.17) is 11.2 Å². The number of phenols is 1. The van der Waals surface area contributed by atoms with E-state index in [0.717, 1.165) is 5.56 Å². The fraction of sp³-hybridized carbons (Fsp3) is 0.333. The second kappa shape index (κ2) is 5.09. The molecule has 2 nitrogen and oxygen atoms in total. The van der Waals surface area contributed by atoms with Crippen LogP contribution in [0.4, 0.5) is 0 Å². The van der Waals surface area contributed by atoms with Crippen LogP contribution in [-0.4, -0.2) is 11.7 Å². The number of ether oxygens (including phenoxy) is 1. The number of rotatable bonds is 3. The second-order valence-corrected chi connectivity index (χ2v) is 4.03. The number of hydrogen-bond acceptors (Lipinski definition) is 2. The number of halogens is 1. The van der Waals surface area contributed by atoms with E-state index in [-0.39, 0.29) is 11.7 Å². The van der Waals surface area contributed by atoms with E-state index in [1.54, 1.807) is 6.07 Å². The van der Waals surface area contributed by atoms with Crippen molar-refractivity contribution in [3.8, 4) is 23.8 Å². The zero-order chi connectivity index (χ0) is 11.4. The Hall–Kier alpha value is -1.14. The molecule has 0 amide bonds. The Balaban J connectivity index is 3.18. The van der Waals surface area contributed by atoms with E-state index in [0.29, 0.717) is 16.8 Å². The lowest BCUT2D eigenvalue weighted by Crippen LogP contribution is -1.96. The van der Waals surface area contributed by atoms with Gasteiger partial charge in [0.1, 0.15) is 0 Å². The molecule has 0 aromatic heterocycles. The number of aromatic hydroxyl groups is 1. The van der Waals surface area contributed by atoms with E-state index >= 15 is 0 Å². The first-order valence-electron chi connectivity index (χ1n) is 4.71. The molecule has 0 saturated heterocycles. The summed E-state index contributed by atoms with van der Waals surface area (Å²) in [5, 5.41) is 9.68. The predicted molar refractivity (Wildman–Crippen MR) is 64.2 cm³/mol. The van der Waals surface area contributed by atoms with Crippen molar-refractivity contribution >= 4 is 15.9 Å². The molecular weight excluding hydrogens is 256 g/mol. The highest BCUT2D eigenvalue weighted by atomic mass is 79.9. The Labute approximate surface area is 98.4 Å². The smallest absolute Gasteiger partial charge is 0.172 e. The van der Waals surface area contributed by atoms with Gasteiger partial charge in [-0.15, -0.1) is 6.42 Å². The summed E-state index contributed by atoms with van der Waals surface area (Å²) in [6, 6.07) is 3.58. The fourth-order valence-electron chi connectivity index (χ4n) is 1.21. The first kappa shape index (κ1) is 11.9. The number of phenolic OH excluding ortho intramolecular Hbond substituents is 1. The molecule has 3 heteroatoms. The van der Waals surface area contributed by atoms with Crippen molar-refractivity contribution in [1.82, 2.24) is 0 Å². The monoisotopic (exact) mass is 268 g/mol. The maximum atomic E-state index is 9.68. The summed E-state index contributed by atoms with van der Waals surface area (Å²) in [7, 11) is 0. The molecule has 0 aliphatic carbocycles. The van der Waals surface area contributed by atoms with Crippen molar-refractivity contribution in [1.29, 1.82) is 0 Å². The number of terminal acetylenes is 1. The second-order valence-electron chi connectivity index (χ2n) is 3.17.